The monoisotopic (exact) mass is 323 g/mol. The molecule has 0 spiro atoms. The summed E-state index contributed by atoms with van der Waals surface area (Å²) < 4.78 is 5.09. The largest absolute Gasteiger partial charge is 0.545 e. The predicted octanol–water partition coefficient (Wildman–Crippen LogP) is 0.459. The minimum Gasteiger partial charge on any atom is -0.545 e. The summed E-state index contributed by atoms with van der Waals surface area (Å²) >= 11 is 0. The number of aliphatic carboxylic acids is 1. The molecular weight excluding hydrogens is 304 g/mol. The van der Waals surface area contributed by atoms with Gasteiger partial charge in [-0.05, 0) is 24.8 Å². The quantitative estimate of drug-likeness (QED) is 0.632. The summed E-state index contributed by atoms with van der Waals surface area (Å²) in [6, 6.07) is 5.56. The lowest BCUT2D eigenvalue weighted by molar-refractivity contribution is -0.255. The number of aliphatic hydroxyl groups excluding tert-OH is 1. The van der Waals surface area contributed by atoms with Gasteiger partial charge in [-0.15, -0.1) is 0 Å². The average molecular weight is 323 g/mol. The fourth-order valence-electron chi connectivity index (χ4n) is 2.13. The number of carbonyl (C=O) groups is 3. The van der Waals surface area contributed by atoms with E-state index in [1.165, 1.54) is 24.3 Å². The van der Waals surface area contributed by atoms with Gasteiger partial charge in [0.25, 0.3) is 0 Å². The van der Waals surface area contributed by atoms with Crippen LogP contribution >= 0.6 is 0 Å². The van der Waals surface area contributed by atoms with Crippen LogP contribution in [0.4, 0.5) is 0 Å². The molecule has 0 aromatic heterocycles. The number of aromatic carboxylic acids is 1. The van der Waals surface area contributed by atoms with Gasteiger partial charge in [0.2, 0.25) is 0 Å². The maximum Gasteiger partial charge on any atom is 0.338 e. The fraction of sp³-hybridized carbons (Fsp3) is 0.438. The lowest BCUT2D eigenvalue weighted by Crippen LogP contribution is -2.26. The Hall–Kier alpha value is -2.41. The molecular formula is C16H19O7-. The summed E-state index contributed by atoms with van der Waals surface area (Å²) in [5, 5.41) is 29.2. The van der Waals surface area contributed by atoms with Gasteiger partial charge in [-0.2, -0.15) is 0 Å². The Kier molecular flexibility index (Phi) is 7.21. The number of carboxylic acids is 2. The molecule has 0 fully saturated rings. The minimum atomic E-state index is -1.47. The number of carbonyl (C=O) groups excluding carboxylic acids is 2. The molecule has 0 aliphatic heterocycles. The Morgan fingerprint density at radius 1 is 1.22 bits per heavy atom. The minimum absolute atomic E-state index is 0.0343. The molecule has 7 heteroatoms. The van der Waals surface area contributed by atoms with E-state index in [1.54, 1.807) is 0 Å². The molecule has 23 heavy (non-hydrogen) atoms. The van der Waals surface area contributed by atoms with Crippen molar-refractivity contribution in [2.45, 2.75) is 32.3 Å². The van der Waals surface area contributed by atoms with E-state index in [2.05, 4.69) is 0 Å². The van der Waals surface area contributed by atoms with E-state index in [-0.39, 0.29) is 36.5 Å². The molecule has 0 saturated heterocycles. The Balaban J connectivity index is 2.63. The van der Waals surface area contributed by atoms with E-state index < -0.39 is 24.0 Å². The smallest absolute Gasteiger partial charge is 0.338 e. The Morgan fingerprint density at radius 3 is 2.35 bits per heavy atom. The number of hydrogen-bond acceptors (Lipinski definition) is 6. The number of hydrogen-bond donors (Lipinski definition) is 2. The molecule has 7 nitrogen and oxygen atoms in total. The van der Waals surface area contributed by atoms with Gasteiger partial charge in [-0.25, -0.2) is 4.79 Å². The molecule has 1 rings (SSSR count). The first-order valence-corrected chi connectivity index (χ1v) is 7.22. The number of benzene rings is 1. The predicted molar refractivity (Wildman–Crippen MR) is 77.7 cm³/mol. The average Bonchev–Trinajstić information content (AvgIpc) is 2.50. The zero-order valence-electron chi connectivity index (χ0n) is 12.7. The number of rotatable bonds is 9. The summed E-state index contributed by atoms with van der Waals surface area (Å²) in [5.74, 6) is -3.59. The third-order valence-electron chi connectivity index (χ3n) is 3.41. The maximum absolute atomic E-state index is 12.0. The van der Waals surface area contributed by atoms with Crippen molar-refractivity contribution in [1.29, 1.82) is 0 Å². The Bertz CT molecular complexity index is 567. The van der Waals surface area contributed by atoms with Crippen LogP contribution in [0, 0.1) is 5.92 Å². The molecule has 2 N–H and O–H groups in total. The Labute approximate surface area is 133 Å². The molecule has 2 unspecified atom stereocenters. The van der Waals surface area contributed by atoms with Crippen LogP contribution in [0.3, 0.4) is 0 Å². The molecule has 0 bridgehead atoms. The zero-order valence-corrected chi connectivity index (χ0v) is 12.7. The highest BCUT2D eigenvalue weighted by Gasteiger charge is 2.19. The highest BCUT2D eigenvalue weighted by Crippen LogP contribution is 2.16. The van der Waals surface area contributed by atoms with Crippen LogP contribution < -0.4 is 5.11 Å². The van der Waals surface area contributed by atoms with Gasteiger partial charge in [0.05, 0.1) is 30.7 Å². The number of carboxylic acid groups (broad SMARTS) is 2. The maximum atomic E-state index is 12.0. The number of esters is 1. The van der Waals surface area contributed by atoms with Gasteiger partial charge < -0.3 is 24.9 Å². The van der Waals surface area contributed by atoms with E-state index in [0.29, 0.717) is 6.42 Å². The van der Waals surface area contributed by atoms with Crippen LogP contribution in [-0.2, 0) is 9.53 Å². The second-order valence-electron chi connectivity index (χ2n) is 5.19. The molecule has 1 aromatic carbocycles. The van der Waals surface area contributed by atoms with Gasteiger partial charge in [-0.3, -0.25) is 4.79 Å². The number of ether oxygens (including phenoxy) is 1. The topological polar surface area (TPSA) is 124 Å². The second kappa shape index (κ2) is 8.89. The van der Waals surface area contributed by atoms with Gasteiger partial charge in [0, 0.05) is 5.56 Å². The fourth-order valence-corrected chi connectivity index (χ4v) is 2.13. The van der Waals surface area contributed by atoms with Crippen LogP contribution in [0.25, 0.3) is 0 Å². The van der Waals surface area contributed by atoms with Crippen LogP contribution in [-0.4, -0.2) is 40.8 Å². The van der Waals surface area contributed by atoms with Crippen molar-refractivity contribution in [1.82, 2.24) is 0 Å². The summed E-state index contributed by atoms with van der Waals surface area (Å²) in [6.07, 6.45) is -0.644. The summed E-state index contributed by atoms with van der Waals surface area (Å²) in [5.41, 5.74) is -0.357. The molecule has 2 atom stereocenters. The van der Waals surface area contributed by atoms with Crippen LogP contribution in [0.1, 0.15) is 46.9 Å². The van der Waals surface area contributed by atoms with Crippen molar-refractivity contribution in [3.05, 3.63) is 35.4 Å². The highest BCUT2D eigenvalue weighted by molar-refractivity contribution is 6.01. The van der Waals surface area contributed by atoms with Gasteiger partial charge >= 0.3 is 11.9 Å². The van der Waals surface area contributed by atoms with Gasteiger partial charge in [0.1, 0.15) is 0 Å². The van der Waals surface area contributed by atoms with E-state index in [4.69, 9.17) is 9.84 Å². The molecule has 0 aliphatic carbocycles. The normalized spacial score (nSPS) is 13.1. The van der Waals surface area contributed by atoms with Crippen molar-refractivity contribution in [2.24, 2.45) is 5.92 Å². The summed E-state index contributed by atoms with van der Waals surface area (Å²) in [4.78, 5) is 33.5. The van der Waals surface area contributed by atoms with Crippen molar-refractivity contribution < 1.29 is 34.4 Å². The molecule has 0 saturated carbocycles. The first kappa shape index (κ1) is 18.6. The zero-order chi connectivity index (χ0) is 17.4. The molecule has 0 radical (unpaired) electrons. The SMILES string of the molecule is CCC(COC(=O)c1ccccc1C(=O)[O-])CC(O)CC(=O)O. The first-order valence-electron chi connectivity index (χ1n) is 7.22. The van der Waals surface area contributed by atoms with Crippen molar-refractivity contribution in [3.63, 3.8) is 0 Å². The third-order valence-corrected chi connectivity index (χ3v) is 3.41. The van der Waals surface area contributed by atoms with Crippen molar-refractivity contribution >= 4 is 17.9 Å². The molecule has 0 aliphatic rings. The highest BCUT2D eigenvalue weighted by atomic mass is 16.5. The van der Waals surface area contributed by atoms with Gasteiger partial charge in [0.15, 0.2) is 0 Å². The summed E-state index contributed by atoms with van der Waals surface area (Å²) in [7, 11) is 0. The molecule has 1 aromatic rings. The van der Waals surface area contributed by atoms with Gasteiger partial charge in [-0.1, -0.05) is 25.1 Å². The van der Waals surface area contributed by atoms with Crippen LogP contribution in [0.5, 0.6) is 0 Å². The number of aliphatic hydroxyl groups is 1. The Morgan fingerprint density at radius 2 is 1.83 bits per heavy atom. The van der Waals surface area contributed by atoms with Crippen molar-refractivity contribution in [3.8, 4) is 0 Å². The lowest BCUT2D eigenvalue weighted by atomic mass is 9.98. The second-order valence-corrected chi connectivity index (χ2v) is 5.19. The third kappa shape index (κ3) is 6.07. The summed E-state index contributed by atoms with van der Waals surface area (Å²) in [6.45, 7) is 1.79. The molecule has 0 heterocycles. The van der Waals surface area contributed by atoms with Crippen molar-refractivity contribution in [2.75, 3.05) is 6.61 Å². The lowest BCUT2D eigenvalue weighted by Gasteiger charge is -2.18. The van der Waals surface area contributed by atoms with E-state index >= 15 is 0 Å². The standard InChI is InChI=1S/C16H20O7/c1-2-10(7-11(17)8-14(18)19)9-23-16(22)13-6-4-3-5-12(13)15(20)21/h3-6,10-11,17H,2,7-9H2,1H3,(H,18,19)(H,20,21)/p-1. The van der Waals surface area contributed by atoms with Crippen LogP contribution in [0.15, 0.2) is 24.3 Å². The van der Waals surface area contributed by atoms with E-state index in [1.807, 2.05) is 6.92 Å². The first-order chi connectivity index (χ1) is 10.8. The van der Waals surface area contributed by atoms with E-state index in [9.17, 15) is 24.6 Å². The van der Waals surface area contributed by atoms with E-state index in [0.717, 1.165) is 0 Å². The molecule has 0 amide bonds. The van der Waals surface area contributed by atoms with Crippen LogP contribution in [0.2, 0.25) is 0 Å². The molecule has 126 valence electrons.